The molecular formula is C19H30ClN3O3. The maximum Gasteiger partial charge on any atom is 0.238 e. The van der Waals surface area contributed by atoms with Crippen LogP contribution in [0.1, 0.15) is 25.7 Å². The number of rotatable bonds is 6. The number of fused-ring (bicyclic) bond motifs is 1. The van der Waals surface area contributed by atoms with Crippen molar-refractivity contribution >= 4 is 24.0 Å². The number of ether oxygens (including phenoxy) is 2. The second-order valence-electron chi connectivity index (χ2n) is 6.87. The molecule has 6 nitrogen and oxygen atoms in total. The van der Waals surface area contributed by atoms with Crippen molar-refractivity contribution in [3.63, 3.8) is 0 Å². The van der Waals surface area contributed by atoms with Crippen LogP contribution in [0.3, 0.4) is 0 Å². The Morgan fingerprint density at radius 1 is 1.19 bits per heavy atom. The van der Waals surface area contributed by atoms with E-state index in [-0.39, 0.29) is 18.3 Å². The molecule has 1 aromatic rings. The highest BCUT2D eigenvalue weighted by Gasteiger charge is 2.20. The molecule has 0 radical (unpaired) electrons. The number of nitrogens with one attached hydrogen (secondary N) is 2. The number of piperidine rings is 1. The Hall–Kier alpha value is -1.50. The van der Waals surface area contributed by atoms with E-state index < -0.39 is 0 Å². The Balaban J connectivity index is 0.00000243. The maximum atomic E-state index is 12.3. The lowest BCUT2D eigenvalue weighted by Gasteiger charge is -2.31. The summed E-state index contributed by atoms with van der Waals surface area (Å²) in [5, 5.41) is 6.19. The number of carbonyl (C=O) groups excluding carboxylic acids is 1. The number of amides is 1. The molecule has 0 bridgehead atoms. The van der Waals surface area contributed by atoms with Crippen molar-refractivity contribution < 1.29 is 14.3 Å². The predicted molar refractivity (Wildman–Crippen MR) is 106 cm³/mol. The molecular weight excluding hydrogens is 354 g/mol. The van der Waals surface area contributed by atoms with Gasteiger partial charge in [-0.15, -0.1) is 12.4 Å². The van der Waals surface area contributed by atoms with Crippen LogP contribution in [0.15, 0.2) is 18.2 Å². The van der Waals surface area contributed by atoms with E-state index in [9.17, 15) is 4.79 Å². The van der Waals surface area contributed by atoms with Gasteiger partial charge in [0.25, 0.3) is 0 Å². The average Bonchev–Trinajstić information content (AvgIpc) is 2.86. The zero-order valence-electron chi connectivity index (χ0n) is 15.5. The third kappa shape index (κ3) is 6.04. The van der Waals surface area contributed by atoms with Crippen molar-refractivity contribution in [2.75, 3.05) is 51.8 Å². The first-order valence-corrected chi connectivity index (χ1v) is 9.31. The first kappa shape index (κ1) is 20.8. The Morgan fingerprint density at radius 3 is 2.65 bits per heavy atom. The molecule has 26 heavy (non-hydrogen) atoms. The first-order valence-electron chi connectivity index (χ1n) is 9.31. The highest BCUT2D eigenvalue weighted by Crippen LogP contribution is 2.32. The Kier molecular flexibility index (Phi) is 8.48. The molecule has 0 aromatic heterocycles. The Bertz CT molecular complexity index is 577. The zero-order chi connectivity index (χ0) is 17.5. The van der Waals surface area contributed by atoms with Crippen LogP contribution in [-0.2, 0) is 4.79 Å². The minimum atomic E-state index is 0. The number of hydrogen-bond donors (Lipinski definition) is 2. The van der Waals surface area contributed by atoms with Crippen molar-refractivity contribution in [2.24, 2.45) is 5.92 Å². The van der Waals surface area contributed by atoms with Gasteiger partial charge < -0.3 is 20.1 Å². The van der Waals surface area contributed by atoms with Gasteiger partial charge >= 0.3 is 0 Å². The number of nitrogens with zero attached hydrogens (tertiary/aromatic N) is 1. The normalized spacial score (nSPS) is 17.9. The molecule has 2 aliphatic heterocycles. The van der Waals surface area contributed by atoms with Gasteiger partial charge in [0.2, 0.25) is 5.91 Å². The second kappa shape index (κ2) is 10.6. The largest absolute Gasteiger partial charge is 0.490 e. The highest BCUT2D eigenvalue weighted by atomic mass is 35.5. The van der Waals surface area contributed by atoms with Gasteiger partial charge in [0.15, 0.2) is 11.5 Å². The quantitative estimate of drug-likeness (QED) is 0.790. The summed E-state index contributed by atoms with van der Waals surface area (Å²) < 4.78 is 11.3. The van der Waals surface area contributed by atoms with Crippen molar-refractivity contribution in [1.82, 2.24) is 10.2 Å². The molecule has 1 saturated heterocycles. The lowest BCUT2D eigenvalue weighted by molar-refractivity contribution is -0.117. The lowest BCUT2D eigenvalue weighted by Crippen LogP contribution is -2.39. The SMILES string of the molecule is CNCCC1CCN(CC(=O)Nc2ccc3c(c2)OCCCO3)CC1.Cl. The molecule has 2 aliphatic rings. The summed E-state index contributed by atoms with van der Waals surface area (Å²) in [6.07, 6.45) is 4.46. The van der Waals surface area contributed by atoms with Gasteiger partial charge in [-0.25, -0.2) is 0 Å². The van der Waals surface area contributed by atoms with E-state index in [1.807, 2.05) is 25.2 Å². The molecule has 3 rings (SSSR count). The summed E-state index contributed by atoms with van der Waals surface area (Å²) in [5.74, 6) is 2.27. The van der Waals surface area contributed by atoms with Crippen molar-refractivity contribution in [2.45, 2.75) is 25.7 Å². The van der Waals surface area contributed by atoms with E-state index >= 15 is 0 Å². The Labute approximate surface area is 162 Å². The summed E-state index contributed by atoms with van der Waals surface area (Å²) in [6.45, 7) is 4.85. The van der Waals surface area contributed by atoms with Crippen molar-refractivity contribution in [3.05, 3.63) is 18.2 Å². The highest BCUT2D eigenvalue weighted by molar-refractivity contribution is 5.92. The van der Waals surface area contributed by atoms with Gasteiger partial charge in [0.05, 0.1) is 19.8 Å². The number of hydrogen-bond acceptors (Lipinski definition) is 5. The van der Waals surface area contributed by atoms with Gasteiger partial charge in [-0.3, -0.25) is 9.69 Å². The van der Waals surface area contributed by atoms with Gasteiger partial charge in [-0.05, 0) is 64.0 Å². The first-order chi connectivity index (χ1) is 12.2. The maximum absolute atomic E-state index is 12.3. The van der Waals surface area contributed by atoms with Crippen LogP contribution in [0.2, 0.25) is 0 Å². The van der Waals surface area contributed by atoms with Gasteiger partial charge in [-0.2, -0.15) is 0 Å². The summed E-state index contributed by atoms with van der Waals surface area (Å²) in [7, 11) is 2.00. The fraction of sp³-hybridized carbons (Fsp3) is 0.632. The number of halogens is 1. The van der Waals surface area contributed by atoms with Crippen LogP contribution in [0.25, 0.3) is 0 Å². The van der Waals surface area contributed by atoms with Crippen LogP contribution in [-0.4, -0.2) is 57.2 Å². The van der Waals surface area contributed by atoms with E-state index in [2.05, 4.69) is 15.5 Å². The monoisotopic (exact) mass is 383 g/mol. The fourth-order valence-electron chi connectivity index (χ4n) is 3.43. The lowest BCUT2D eigenvalue weighted by atomic mass is 9.93. The molecule has 0 saturated carbocycles. The van der Waals surface area contributed by atoms with Gasteiger partial charge in [0.1, 0.15) is 0 Å². The molecule has 0 spiro atoms. The minimum Gasteiger partial charge on any atom is -0.490 e. The van der Waals surface area contributed by atoms with Crippen LogP contribution in [0.4, 0.5) is 5.69 Å². The van der Waals surface area contributed by atoms with E-state index in [0.717, 1.165) is 43.4 Å². The van der Waals surface area contributed by atoms with Crippen LogP contribution >= 0.6 is 12.4 Å². The van der Waals surface area contributed by atoms with Gasteiger partial charge in [-0.1, -0.05) is 0 Å². The van der Waals surface area contributed by atoms with E-state index in [0.29, 0.717) is 25.5 Å². The molecule has 1 fully saturated rings. The van der Waals surface area contributed by atoms with E-state index in [1.165, 1.54) is 19.3 Å². The Morgan fingerprint density at radius 2 is 1.92 bits per heavy atom. The van der Waals surface area contributed by atoms with E-state index in [1.54, 1.807) is 0 Å². The zero-order valence-corrected chi connectivity index (χ0v) is 16.3. The molecule has 146 valence electrons. The molecule has 1 aromatic carbocycles. The van der Waals surface area contributed by atoms with Crippen LogP contribution in [0, 0.1) is 5.92 Å². The topological polar surface area (TPSA) is 62.8 Å². The summed E-state index contributed by atoms with van der Waals surface area (Å²) in [5.41, 5.74) is 0.762. The smallest absolute Gasteiger partial charge is 0.238 e. The van der Waals surface area contributed by atoms with E-state index in [4.69, 9.17) is 9.47 Å². The fourth-order valence-corrected chi connectivity index (χ4v) is 3.43. The molecule has 1 amide bonds. The van der Waals surface area contributed by atoms with Gasteiger partial charge in [0, 0.05) is 18.2 Å². The molecule has 2 heterocycles. The predicted octanol–water partition coefficient (Wildman–Crippen LogP) is 2.53. The van der Waals surface area contributed by atoms with Crippen LogP contribution < -0.4 is 20.1 Å². The number of carbonyl (C=O) groups is 1. The second-order valence-corrected chi connectivity index (χ2v) is 6.87. The summed E-state index contributed by atoms with van der Waals surface area (Å²) in [6, 6.07) is 5.58. The third-order valence-electron chi connectivity index (χ3n) is 4.91. The minimum absolute atomic E-state index is 0. The summed E-state index contributed by atoms with van der Waals surface area (Å²) >= 11 is 0. The molecule has 0 unspecified atom stereocenters. The van der Waals surface area contributed by atoms with Crippen LogP contribution in [0.5, 0.6) is 11.5 Å². The summed E-state index contributed by atoms with van der Waals surface area (Å²) in [4.78, 5) is 14.6. The number of likely N-dealkylation sites (tertiary alicyclic amines) is 1. The van der Waals surface area contributed by atoms with Crippen molar-refractivity contribution in [1.29, 1.82) is 0 Å². The standard InChI is InChI=1S/C19H29N3O3.ClH/c1-20-8-5-15-6-9-22(10-7-15)14-19(23)21-16-3-4-17-18(13-16)25-12-2-11-24-17;/h3-4,13,15,20H,2,5-12,14H2,1H3,(H,21,23);1H. The molecule has 7 heteroatoms. The van der Waals surface area contributed by atoms with Crippen molar-refractivity contribution in [3.8, 4) is 11.5 Å². The number of benzene rings is 1. The number of anilines is 1. The average molecular weight is 384 g/mol. The molecule has 2 N–H and O–H groups in total. The third-order valence-corrected chi connectivity index (χ3v) is 4.91. The molecule has 0 atom stereocenters. The molecule has 0 aliphatic carbocycles.